The summed E-state index contributed by atoms with van der Waals surface area (Å²) in [5.74, 6) is 5.91. The van der Waals surface area contributed by atoms with Crippen LogP contribution in [0.15, 0.2) is 6.07 Å². The van der Waals surface area contributed by atoms with Gasteiger partial charge in [-0.3, -0.25) is 0 Å². The third-order valence-corrected chi connectivity index (χ3v) is 1.29. The van der Waals surface area contributed by atoms with Crippen molar-refractivity contribution < 1.29 is 0 Å². The van der Waals surface area contributed by atoms with Crippen molar-refractivity contribution in [2.24, 2.45) is 0 Å². The molecule has 7 heteroatoms. The summed E-state index contributed by atoms with van der Waals surface area (Å²) >= 11 is 4.70. The molecule has 1 heterocycles. The molecular weight excluding hydrogens is 173 g/mol. The molecule has 1 rings (SSSR count). The third kappa shape index (κ3) is 2.33. The summed E-state index contributed by atoms with van der Waals surface area (Å²) in [4.78, 5) is 3.68. The summed E-state index contributed by atoms with van der Waals surface area (Å²) in [5.41, 5.74) is 10.7. The molecule has 0 saturated heterocycles. The molecule has 0 aliphatic rings. The molecule has 0 aliphatic carbocycles. The van der Waals surface area contributed by atoms with Crippen molar-refractivity contribution in [2.45, 2.75) is 0 Å². The number of rotatable bonds is 0. The van der Waals surface area contributed by atoms with Crippen LogP contribution in [0.2, 0.25) is 0 Å². The van der Waals surface area contributed by atoms with E-state index in [1.165, 1.54) is 6.07 Å². The van der Waals surface area contributed by atoms with Crippen molar-refractivity contribution in [1.29, 1.82) is 0 Å². The summed E-state index contributed by atoms with van der Waals surface area (Å²) < 4.78 is 1.27. The van der Waals surface area contributed by atoms with E-state index in [4.69, 9.17) is 29.5 Å². The fourth-order valence-corrected chi connectivity index (χ4v) is 0.739. The summed E-state index contributed by atoms with van der Waals surface area (Å²) in [6, 6.07) is 1.44. The van der Waals surface area contributed by atoms with Crippen LogP contribution in [0, 0.1) is 4.77 Å². The first kappa shape index (κ1) is 10.7. The standard InChI is InChI=1S/C4H7N5S.Na.H/c5-2-1-3(6)9(7)4(10)8-2;;/h1H,6-7H2,(H2,5,8,10);;. The molecule has 0 radical (unpaired) electrons. The van der Waals surface area contributed by atoms with Gasteiger partial charge in [0.25, 0.3) is 0 Å². The van der Waals surface area contributed by atoms with Gasteiger partial charge in [0.2, 0.25) is 4.77 Å². The van der Waals surface area contributed by atoms with Gasteiger partial charge in [-0.2, -0.15) is 0 Å². The maximum atomic E-state index is 5.37. The predicted octanol–water partition coefficient (Wildman–Crippen LogP) is -1.16. The minimum atomic E-state index is 0. The van der Waals surface area contributed by atoms with Gasteiger partial charge in [-0.25, -0.2) is 9.66 Å². The molecule has 0 saturated carbocycles. The second kappa shape index (κ2) is 3.91. The number of hydrogen-bond donors (Lipinski definition) is 3. The Labute approximate surface area is 90.8 Å². The molecule has 5 nitrogen and oxygen atoms in total. The summed E-state index contributed by atoms with van der Waals surface area (Å²) in [5, 5.41) is 0. The molecule has 56 valence electrons. The Morgan fingerprint density at radius 3 is 2.45 bits per heavy atom. The van der Waals surface area contributed by atoms with Gasteiger partial charge in [0.05, 0.1) is 0 Å². The Kier molecular flexibility index (Phi) is 3.81. The molecule has 0 bridgehead atoms. The van der Waals surface area contributed by atoms with Crippen molar-refractivity contribution in [2.75, 3.05) is 17.3 Å². The zero-order valence-corrected chi connectivity index (χ0v) is 5.93. The van der Waals surface area contributed by atoms with Crippen LogP contribution in [0.3, 0.4) is 0 Å². The fourth-order valence-electron chi connectivity index (χ4n) is 0.528. The predicted molar refractivity (Wildman–Crippen MR) is 49.2 cm³/mol. The fraction of sp³-hybridized carbons (Fsp3) is 0. The van der Waals surface area contributed by atoms with Crippen LogP contribution in [0.1, 0.15) is 0 Å². The summed E-state index contributed by atoms with van der Waals surface area (Å²) in [6.45, 7) is 0. The zero-order valence-electron chi connectivity index (χ0n) is 5.11. The van der Waals surface area contributed by atoms with E-state index in [1.54, 1.807) is 0 Å². The van der Waals surface area contributed by atoms with Crippen LogP contribution in [0.4, 0.5) is 11.6 Å². The van der Waals surface area contributed by atoms with Crippen LogP contribution in [-0.4, -0.2) is 39.2 Å². The molecular formula is C4H8N5NaS. The quantitative estimate of drug-likeness (QED) is 0.266. The molecule has 1 aromatic rings. The van der Waals surface area contributed by atoms with Crippen molar-refractivity contribution in [3.05, 3.63) is 10.8 Å². The normalized spacial score (nSPS) is 8.73. The van der Waals surface area contributed by atoms with E-state index in [0.29, 0.717) is 5.82 Å². The van der Waals surface area contributed by atoms with Crippen molar-refractivity contribution >= 4 is 53.4 Å². The molecule has 0 spiro atoms. The minimum absolute atomic E-state index is 0. The molecule has 0 fully saturated rings. The Morgan fingerprint density at radius 1 is 1.45 bits per heavy atom. The van der Waals surface area contributed by atoms with Crippen LogP contribution in [-0.2, 0) is 0 Å². The van der Waals surface area contributed by atoms with Gasteiger partial charge in [0.15, 0.2) is 0 Å². The van der Waals surface area contributed by atoms with Gasteiger partial charge in [-0.15, -0.1) is 0 Å². The average Bonchev–Trinajstić information content (AvgIpc) is 1.82. The zero-order chi connectivity index (χ0) is 7.72. The second-order valence-corrected chi connectivity index (χ2v) is 2.12. The monoisotopic (exact) mass is 181 g/mol. The van der Waals surface area contributed by atoms with Crippen LogP contribution >= 0.6 is 12.2 Å². The molecule has 6 N–H and O–H groups in total. The summed E-state index contributed by atoms with van der Waals surface area (Å²) in [7, 11) is 0. The van der Waals surface area contributed by atoms with Gasteiger partial charge < -0.3 is 17.3 Å². The van der Waals surface area contributed by atoms with E-state index in [-0.39, 0.29) is 40.1 Å². The molecule has 0 aromatic carbocycles. The van der Waals surface area contributed by atoms with Crippen LogP contribution < -0.4 is 17.3 Å². The van der Waals surface area contributed by atoms with Gasteiger partial charge in [0, 0.05) is 6.07 Å². The van der Waals surface area contributed by atoms with Gasteiger partial charge in [-0.1, -0.05) is 0 Å². The van der Waals surface area contributed by atoms with Gasteiger partial charge >= 0.3 is 29.6 Å². The first-order valence-corrected chi connectivity index (χ1v) is 2.92. The van der Waals surface area contributed by atoms with E-state index in [1.807, 2.05) is 0 Å². The number of nitrogen functional groups attached to an aromatic ring is 3. The van der Waals surface area contributed by atoms with Gasteiger partial charge in [-0.05, 0) is 12.2 Å². The van der Waals surface area contributed by atoms with Crippen molar-refractivity contribution in [3.63, 3.8) is 0 Å². The van der Waals surface area contributed by atoms with E-state index in [2.05, 4.69) is 4.98 Å². The number of aromatic nitrogens is 2. The number of nitrogens with zero attached hydrogens (tertiary/aromatic N) is 2. The molecule has 0 amide bonds. The Morgan fingerprint density at radius 2 is 2.00 bits per heavy atom. The number of hydrogen-bond acceptors (Lipinski definition) is 5. The van der Waals surface area contributed by atoms with Crippen LogP contribution in [0.5, 0.6) is 0 Å². The molecule has 0 unspecified atom stereocenters. The van der Waals surface area contributed by atoms with Crippen molar-refractivity contribution in [1.82, 2.24) is 9.66 Å². The topological polar surface area (TPSA) is 95.9 Å². The first-order chi connectivity index (χ1) is 4.61. The number of anilines is 2. The number of nitrogens with two attached hydrogens (primary N) is 3. The Hall–Kier alpha value is -0.300. The van der Waals surface area contributed by atoms with Crippen LogP contribution in [0.25, 0.3) is 0 Å². The SMILES string of the molecule is Nc1cc(N)n(N)c(=S)n1.[NaH]. The van der Waals surface area contributed by atoms with E-state index in [9.17, 15) is 0 Å². The summed E-state index contributed by atoms with van der Waals surface area (Å²) in [6.07, 6.45) is 0. The van der Waals surface area contributed by atoms with E-state index < -0.39 is 0 Å². The maximum absolute atomic E-state index is 5.37. The van der Waals surface area contributed by atoms with Crippen molar-refractivity contribution in [3.8, 4) is 0 Å². The molecule has 11 heavy (non-hydrogen) atoms. The molecule has 0 aliphatic heterocycles. The average molecular weight is 181 g/mol. The Balaban J connectivity index is 0.000001000. The first-order valence-electron chi connectivity index (χ1n) is 2.51. The van der Waals surface area contributed by atoms with E-state index in [0.717, 1.165) is 4.68 Å². The molecule has 0 atom stereocenters. The van der Waals surface area contributed by atoms with E-state index >= 15 is 0 Å². The third-order valence-electron chi connectivity index (χ3n) is 1.00. The molecule has 1 aromatic heterocycles. The second-order valence-electron chi connectivity index (χ2n) is 1.76. The van der Waals surface area contributed by atoms with Gasteiger partial charge in [0.1, 0.15) is 11.6 Å². The Bertz CT molecular complexity index is 308.